The third-order valence-electron chi connectivity index (χ3n) is 2.67. The molecule has 0 fully saturated rings. The lowest BCUT2D eigenvalue weighted by Crippen LogP contribution is -2.18. The molecule has 3 nitrogen and oxygen atoms in total. The fourth-order valence-electron chi connectivity index (χ4n) is 1.70. The molecule has 4 heteroatoms. The zero-order valence-electron chi connectivity index (χ0n) is 11.1. The lowest BCUT2D eigenvalue weighted by atomic mass is 10.2. The molecule has 1 aromatic heterocycles. The summed E-state index contributed by atoms with van der Waals surface area (Å²) in [6.45, 7) is 3.06. The number of benzene rings is 1. The van der Waals surface area contributed by atoms with Gasteiger partial charge in [-0.05, 0) is 29.1 Å². The Morgan fingerprint density at radius 2 is 2.16 bits per heavy atom. The van der Waals surface area contributed by atoms with Gasteiger partial charge in [-0.2, -0.15) is 0 Å². The summed E-state index contributed by atoms with van der Waals surface area (Å²) < 4.78 is 10.8. The quantitative estimate of drug-likeness (QED) is 0.752. The van der Waals surface area contributed by atoms with Crippen molar-refractivity contribution in [3.63, 3.8) is 0 Å². The van der Waals surface area contributed by atoms with Gasteiger partial charge in [-0.25, -0.2) is 0 Å². The second-order valence-electron chi connectivity index (χ2n) is 4.19. The van der Waals surface area contributed by atoms with Gasteiger partial charge in [0.15, 0.2) is 0 Å². The molecule has 0 aliphatic carbocycles. The van der Waals surface area contributed by atoms with Crippen molar-refractivity contribution in [1.29, 1.82) is 0 Å². The van der Waals surface area contributed by atoms with Crippen LogP contribution in [0.4, 0.5) is 0 Å². The Bertz CT molecular complexity index is 471. The highest BCUT2D eigenvalue weighted by atomic mass is 32.1. The molecule has 0 saturated heterocycles. The van der Waals surface area contributed by atoms with Crippen molar-refractivity contribution in [3.05, 3.63) is 52.2 Å². The summed E-state index contributed by atoms with van der Waals surface area (Å²) in [6.07, 6.45) is 0. The number of methoxy groups -OCH3 is 1. The number of thiophene rings is 1. The number of nitrogens with one attached hydrogen (secondary N) is 1. The molecule has 0 spiro atoms. The number of hydrogen-bond donors (Lipinski definition) is 1. The van der Waals surface area contributed by atoms with Crippen molar-refractivity contribution >= 4 is 11.3 Å². The van der Waals surface area contributed by atoms with E-state index in [-0.39, 0.29) is 0 Å². The number of ether oxygens (including phenoxy) is 2. The van der Waals surface area contributed by atoms with Crippen molar-refractivity contribution in [2.75, 3.05) is 20.3 Å². The van der Waals surface area contributed by atoms with Gasteiger partial charge >= 0.3 is 0 Å². The number of hydrogen-bond acceptors (Lipinski definition) is 4. The highest BCUT2D eigenvalue weighted by molar-refractivity contribution is 7.09. The van der Waals surface area contributed by atoms with E-state index in [2.05, 4.69) is 28.9 Å². The molecule has 1 heterocycles. The van der Waals surface area contributed by atoms with Gasteiger partial charge in [-0.3, -0.25) is 0 Å². The van der Waals surface area contributed by atoms with Crippen molar-refractivity contribution in [2.45, 2.75) is 13.2 Å². The molecular formula is C15H19NO2S. The minimum atomic E-state index is 0.637. The summed E-state index contributed by atoms with van der Waals surface area (Å²) in [5.41, 5.74) is 1.22. The molecule has 0 unspecified atom stereocenters. The van der Waals surface area contributed by atoms with Crippen LogP contribution in [-0.4, -0.2) is 20.3 Å². The first-order valence-electron chi connectivity index (χ1n) is 6.32. The Kier molecular flexibility index (Phi) is 5.88. The minimum Gasteiger partial charge on any atom is -0.488 e. The first-order valence-corrected chi connectivity index (χ1v) is 7.20. The summed E-state index contributed by atoms with van der Waals surface area (Å²) in [7, 11) is 1.71. The zero-order valence-corrected chi connectivity index (χ0v) is 11.9. The lowest BCUT2D eigenvalue weighted by molar-refractivity contribution is 0.199. The maximum atomic E-state index is 5.78. The number of rotatable bonds is 8. The predicted molar refractivity (Wildman–Crippen MR) is 78.7 cm³/mol. The Morgan fingerprint density at radius 3 is 2.95 bits per heavy atom. The third-order valence-corrected chi connectivity index (χ3v) is 3.52. The van der Waals surface area contributed by atoms with E-state index < -0.39 is 0 Å². The maximum Gasteiger partial charge on any atom is 0.122 e. The van der Waals surface area contributed by atoms with Crippen LogP contribution in [0, 0.1) is 0 Å². The molecule has 0 radical (unpaired) electrons. The van der Waals surface area contributed by atoms with Crippen LogP contribution in [-0.2, 0) is 17.9 Å². The summed E-state index contributed by atoms with van der Waals surface area (Å²) in [4.78, 5) is 1.24. The first-order chi connectivity index (χ1) is 9.38. The van der Waals surface area contributed by atoms with Gasteiger partial charge in [0.05, 0.1) is 6.61 Å². The van der Waals surface area contributed by atoms with E-state index in [1.54, 1.807) is 18.4 Å². The van der Waals surface area contributed by atoms with Gasteiger partial charge in [0, 0.05) is 25.1 Å². The standard InChI is InChI=1S/C15H19NO2S/c1-17-8-7-16-11-13-4-2-5-14(10-13)18-12-15-6-3-9-19-15/h2-6,9-10,16H,7-8,11-12H2,1H3. The Hall–Kier alpha value is -1.36. The van der Waals surface area contributed by atoms with Crippen LogP contribution >= 0.6 is 11.3 Å². The predicted octanol–water partition coefficient (Wildman–Crippen LogP) is 3.06. The molecule has 0 atom stereocenters. The van der Waals surface area contributed by atoms with E-state index in [1.807, 2.05) is 18.2 Å². The molecule has 19 heavy (non-hydrogen) atoms. The largest absolute Gasteiger partial charge is 0.488 e. The Labute approximate surface area is 118 Å². The van der Waals surface area contributed by atoms with E-state index in [0.717, 1.165) is 25.4 Å². The summed E-state index contributed by atoms with van der Waals surface area (Å²) in [6, 6.07) is 12.3. The summed E-state index contributed by atoms with van der Waals surface area (Å²) in [5.74, 6) is 0.916. The average Bonchev–Trinajstić information content (AvgIpc) is 2.95. The van der Waals surface area contributed by atoms with Crippen LogP contribution in [0.2, 0.25) is 0 Å². The zero-order chi connectivity index (χ0) is 13.3. The van der Waals surface area contributed by atoms with Crippen molar-refractivity contribution in [2.24, 2.45) is 0 Å². The molecule has 1 N–H and O–H groups in total. The molecule has 0 aliphatic rings. The summed E-state index contributed by atoms with van der Waals surface area (Å²) in [5, 5.41) is 5.39. The Balaban J connectivity index is 1.81. The molecule has 2 rings (SSSR count). The fourth-order valence-corrected chi connectivity index (χ4v) is 2.32. The monoisotopic (exact) mass is 277 g/mol. The van der Waals surface area contributed by atoms with Gasteiger partial charge < -0.3 is 14.8 Å². The molecule has 0 amide bonds. The van der Waals surface area contributed by atoms with Gasteiger partial charge in [0.25, 0.3) is 0 Å². The minimum absolute atomic E-state index is 0.637. The maximum absolute atomic E-state index is 5.78. The van der Waals surface area contributed by atoms with Gasteiger partial charge in [0.2, 0.25) is 0 Å². The van der Waals surface area contributed by atoms with E-state index in [0.29, 0.717) is 6.61 Å². The van der Waals surface area contributed by atoms with Gasteiger partial charge in [-0.1, -0.05) is 18.2 Å². The summed E-state index contributed by atoms with van der Waals surface area (Å²) >= 11 is 1.71. The highest BCUT2D eigenvalue weighted by Crippen LogP contribution is 2.17. The lowest BCUT2D eigenvalue weighted by Gasteiger charge is -2.08. The molecule has 102 valence electrons. The second kappa shape index (κ2) is 7.94. The average molecular weight is 277 g/mol. The highest BCUT2D eigenvalue weighted by Gasteiger charge is 1.99. The molecule has 0 saturated carbocycles. The van der Waals surface area contributed by atoms with Crippen LogP contribution in [0.5, 0.6) is 5.75 Å². The van der Waals surface area contributed by atoms with E-state index in [9.17, 15) is 0 Å². The van der Waals surface area contributed by atoms with Gasteiger partial charge in [0.1, 0.15) is 12.4 Å². The van der Waals surface area contributed by atoms with Crippen LogP contribution in [0.3, 0.4) is 0 Å². The topological polar surface area (TPSA) is 30.5 Å². The van der Waals surface area contributed by atoms with E-state index in [1.165, 1.54) is 10.4 Å². The SMILES string of the molecule is COCCNCc1cccc(OCc2cccs2)c1. The van der Waals surface area contributed by atoms with Crippen molar-refractivity contribution in [1.82, 2.24) is 5.32 Å². The molecule has 0 aliphatic heterocycles. The molecule has 1 aromatic carbocycles. The van der Waals surface area contributed by atoms with Gasteiger partial charge in [-0.15, -0.1) is 11.3 Å². The van der Waals surface area contributed by atoms with E-state index >= 15 is 0 Å². The normalized spacial score (nSPS) is 10.6. The molecule has 0 bridgehead atoms. The van der Waals surface area contributed by atoms with Crippen molar-refractivity contribution in [3.8, 4) is 5.75 Å². The van der Waals surface area contributed by atoms with Crippen molar-refractivity contribution < 1.29 is 9.47 Å². The molecule has 2 aromatic rings. The first kappa shape index (κ1) is 14.1. The van der Waals surface area contributed by atoms with E-state index in [4.69, 9.17) is 9.47 Å². The van der Waals surface area contributed by atoms with Crippen LogP contribution < -0.4 is 10.1 Å². The Morgan fingerprint density at radius 1 is 1.21 bits per heavy atom. The second-order valence-corrected chi connectivity index (χ2v) is 5.22. The molecular weight excluding hydrogens is 258 g/mol. The van der Waals surface area contributed by atoms with Crippen LogP contribution in [0.25, 0.3) is 0 Å². The van der Waals surface area contributed by atoms with Crippen LogP contribution in [0.15, 0.2) is 41.8 Å². The fraction of sp³-hybridized carbons (Fsp3) is 0.333. The smallest absolute Gasteiger partial charge is 0.122 e. The third kappa shape index (κ3) is 5.03. The van der Waals surface area contributed by atoms with Crippen LogP contribution in [0.1, 0.15) is 10.4 Å².